The predicted octanol–water partition coefficient (Wildman–Crippen LogP) is 1.35. The molecule has 0 radical (unpaired) electrons. The summed E-state index contributed by atoms with van der Waals surface area (Å²) in [6.07, 6.45) is 1.55. The normalized spacial score (nSPS) is 11.5. The summed E-state index contributed by atoms with van der Waals surface area (Å²) in [6, 6.07) is 5.49. The van der Waals surface area contributed by atoms with Gasteiger partial charge < -0.3 is 11.1 Å². The maximum absolute atomic E-state index is 12.0. The molecule has 0 aromatic carbocycles. The molecule has 0 aliphatic heterocycles. The molecule has 2 aromatic rings. The zero-order chi connectivity index (χ0) is 15.6. The number of amides is 1. The molecule has 0 spiro atoms. The summed E-state index contributed by atoms with van der Waals surface area (Å²) in [4.78, 5) is 16.3. The molecule has 21 heavy (non-hydrogen) atoms. The minimum absolute atomic E-state index is 0.180. The van der Waals surface area contributed by atoms with Crippen LogP contribution in [0.1, 0.15) is 35.6 Å². The van der Waals surface area contributed by atoms with Crippen LogP contribution in [0.3, 0.4) is 0 Å². The van der Waals surface area contributed by atoms with Crippen LogP contribution in [0.15, 0.2) is 24.4 Å². The molecule has 112 valence electrons. The summed E-state index contributed by atoms with van der Waals surface area (Å²) >= 11 is 0. The van der Waals surface area contributed by atoms with Crippen LogP contribution in [0.4, 0.5) is 0 Å². The lowest BCUT2D eigenvalue weighted by molar-refractivity contribution is 0.0945. The van der Waals surface area contributed by atoms with Crippen LogP contribution in [0.5, 0.6) is 0 Å². The number of nitrogens with two attached hydrogens (primary N) is 1. The van der Waals surface area contributed by atoms with Gasteiger partial charge in [0.1, 0.15) is 0 Å². The van der Waals surface area contributed by atoms with Crippen molar-refractivity contribution in [3.63, 3.8) is 0 Å². The second kappa shape index (κ2) is 5.65. The van der Waals surface area contributed by atoms with Gasteiger partial charge in [-0.3, -0.25) is 4.79 Å². The third-order valence-corrected chi connectivity index (χ3v) is 2.94. The van der Waals surface area contributed by atoms with E-state index in [0.717, 1.165) is 11.4 Å². The standard InChI is InChI=1S/C15H21N5O/c1-10-7-11(2)20(19-10)13-6-5-12(8-17-13)14(21)18-9-15(3,4)16/h5-8H,9,16H2,1-4H3,(H,18,21). The Morgan fingerprint density at radius 2 is 2.10 bits per heavy atom. The average Bonchev–Trinajstić information content (AvgIpc) is 2.74. The molecule has 0 atom stereocenters. The molecule has 0 unspecified atom stereocenters. The topological polar surface area (TPSA) is 85.8 Å². The molecule has 6 nitrogen and oxygen atoms in total. The first-order chi connectivity index (χ1) is 9.76. The van der Waals surface area contributed by atoms with Crippen molar-refractivity contribution in [1.29, 1.82) is 0 Å². The van der Waals surface area contributed by atoms with Gasteiger partial charge in [0.2, 0.25) is 0 Å². The van der Waals surface area contributed by atoms with Gasteiger partial charge in [0.15, 0.2) is 5.82 Å². The van der Waals surface area contributed by atoms with E-state index in [4.69, 9.17) is 5.73 Å². The smallest absolute Gasteiger partial charge is 0.252 e. The Kier molecular flexibility index (Phi) is 4.09. The second-order valence-corrected chi connectivity index (χ2v) is 5.92. The third-order valence-electron chi connectivity index (χ3n) is 2.94. The van der Waals surface area contributed by atoms with E-state index >= 15 is 0 Å². The van der Waals surface area contributed by atoms with Crippen molar-refractivity contribution in [3.05, 3.63) is 41.3 Å². The molecule has 2 aromatic heterocycles. The maximum atomic E-state index is 12.0. The fourth-order valence-corrected chi connectivity index (χ4v) is 1.92. The lowest BCUT2D eigenvalue weighted by Crippen LogP contribution is -2.45. The Morgan fingerprint density at radius 1 is 1.38 bits per heavy atom. The first-order valence-electron chi connectivity index (χ1n) is 6.83. The number of carbonyl (C=O) groups is 1. The highest BCUT2D eigenvalue weighted by Crippen LogP contribution is 2.10. The molecule has 0 aliphatic rings. The number of rotatable bonds is 4. The van der Waals surface area contributed by atoms with E-state index in [-0.39, 0.29) is 5.91 Å². The van der Waals surface area contributed by atoms with Crippen LogP contribution in [-0.4, -0.2) is 32.8 Å². The molecular weight excluding hydrogens is 266 g/mol. The van der Waals surface area contributed by atoms with Gasteiger partial charge in [0.05, 0.1) is 11.3 Å². The van der Waals surface area contributed by atoms with Crippen LogP contribution in [0, 0.1) is 13.8 Å². The Bertz CT molecular complexity index is 637. The highest BCUT2D eigenvalue weighted by atomic mass is 16.1. The molecule has 3 N–H and O–H groups in total. The van der Waals surface area contributed by atoms with Crippen molar-refractivity contribution in [2.45, 2.75) is 33.2 Å². The Morgan fingerprint density at radius 3 is 2.57 bits per heavy atom. The van der Waals surface area contributed by atoms with Crippen LogP contribution in [0.2, 0.25) is 0 Å². The monoisotopic (exact) mass is 287 g/mol. The van der Waals surface area contributed by atoms with E-state index < -0.39 is 5.54 Å². The largest absolute Gasteiger partial charge is 0.350 e. The summed E-state index contributed by atoms with van der Waals surface area (Å²) in [6.45, 7) is 8.02. The van der Waals surface area contributed by atoms with Gasteiger partial charge in [0.25, 0.3) is 5.91 Å². The third kappa shape index (κ3) is 3.88. The molecule has 0 saturated carbocycles. The van der Waals surface area contributed by atoms with Crippen LogP contribution < -0.4 is 11.1 Å². The zero-order valence-corrected chi connectivity index (χ0v) is 12.8. The highest BCUT2D eigenvalue weighted by Gasteiger charge is 2.14. The van der Waals surface area contributed by atoms with E-state index in [1.807, 2.05) is 33.8 Å². The minimum atomic E-state index is -0.438. The Labute approximate surface area is 124 Å². The lowest BCUT2D eigenvalue weighted by Gasteiger charge is -2.18. The maximum Gasteiger partial charge on any atom is 0.252 e. The van der Waals surface area contributed by atoms with Gasteiger partial charge in [0, 0.05) is 24.0 Å². The highest BCUT2D eigenvalue weighted by molar-refractivity contribution is 5.93. The molecule has 0 saturated heterocycles. The molecule has 2 heterocycles. The fourth-order valence-electron chi connectivity index (χ4n) is 1.92. The van der Waals surface area contributed by atoms with Gasteiger partial charge in [-0.15, -0.1) is 0 Å². The van der Waals surface area contributed by atoms with Gasteiger partial charge >= 0.3 is 0 Å². The molecule has 6 heteroatoms. The number of carbonyl (C=O) groups excluding carboxylic acids is 1. The quantitative estimate of drug-likeness (QED) is 0.889. The van der Waals surface area contributed by atoms with Gasteiger partial charge in [-0.1, -0.05) is 0 Å². The Hall–Kier alpha value is -2.21. The summed E-state index contributed by atoms with van der Waals surface area (Å²) in [5.41, 5.74) is 7.84. The number of aryl methyl sites for hydroxylation is 2. The van der Waals surface area contributed by atoms with Gasteiger partial charge in [-0.2, -0.15) is 5.10 Å². The van der Waals surface area contributed by atoms with Crippen LogP contribution in [-0.2, 0) is 0 Å². The predicted molar refractivity (Wildman–Crippen MR) is 81.4 cm³/mol. The summed E-state index contributed by atoms with van der Waals surface area (Å²) in [5.74, 6) is 0.511. The molecule has 1 amide bonds. The van der Waals surface area contributed by atoms with Crippen molar-refractivity contribution in [2.75, 3.05) is 6.54 Å². The van der Waals surface area contributed by atoms with E-state index in [2.05, 4.69) is 15.4 Å². The second-order valence-electron chi connectivity index (χ2n) is 5.92. The number of aromatic nitrogens is 3. The van der Waals surface area contributed by atoms with Gasteiger partial charge in [-0.05, 0) is 45.9 Å². The van der Waals surface area contributed by atoms with Crippen molar-refractivity contribution >= 4 is 5.91 Å². The molecule has 0 fully saturated rings. The minimum Gasteiger partial charge on any atom is -0.350 e. The van der Waals surface area contributed by atoms with Crippen LogP contribution >= 0.6 is 0 Å². The first-order valence-corrected chi connectivity index (χ1v) is 6.83. The first kappa shape index (κ1) is 15.2. The van der Waals surface area contributed by atoms with Gasteiger partial charge in [-0.25, -0.2) is 9.67 Å². The number of nitrogens with one attached hydrogen (secondary N) is 1. The Balaban J connectivity index is 2.12. The fraction of sp³-hybridized carbons (Fsp3) is 0.400. The summed E-state index contributed by atoms with van der Waals surface area (Å²) < 4.78 is 1.75. The molecule has 0 bridgehead atoms. The summed E-state index contributed by atoms with van der Waals surface area (Å²) in [5, 5.41) is 7.15. The number of hydrogen-bond acceptors (Lipinski definition) is 4. The molecular formula is C15H21N5O. The van der Waals surface area contributed by atoms with E-state index in [1.165, 1.54) is 0 Å². The average molecular weight is 287 g/mol. The van der Waals surface area contributed by atoms with E-state index in [9.17, 15) is 4.79 Å². The van der Waals surface area contributed by atoms with Crippen LogP contribution in [0.25, 0.3) is 5.82 Å². The van der Waals surface area contributed by atoms with Crippen molar-refractivity contribution < 1.29 is 4.79 Å². The number of pyridine rings is 1. The zero-order valence-electron chi connectivity index (χ0n) is 12.8. The molecule has 0 aliphatic carbocycles. The van der Waals surface area contributed by atoms with Crippen molar-refractivity contribution in [3.8, 4) is 5.82 Å². The lowest BCUT2D eigenvalue weighted by atomic mass is 10.1. The van der Waals surface area contributed by atoms with E-state index in [0.29, 0.717) is 17.9 Å². The molecule has 2 rings (SSSR count). The van der Waals surface area contributed by atoms with Crippen molar-refractivity contribution in [1.82, 2.24) is 20.1 Å². The SMILES string of the molecule is Cc1cc(C)n(-c2ccc(C(=O)NCC(C)(C)N)cn2)n1. The van der Waals surface area contributed by atoms with Crippen molar-refractivity contribution in [2.24, 2.45) is 5.73 Å². The summed E-state index contributed by atoms with van der Waals surface area (Å²) in [7, 11) is 0. The van der Waals surface area contributed by atoms with E-state index in [1.54, 1.807) is 23.0 Å². The number of hydrogen-bond donors (Lipinski definition) is 2. The number of nitrogens with zero attached hydrogens (tertiary/aromatic N) is 3.